The molecule has 0 saturated heterocycles. The number of carbonyl (C=O) groups is 1. The van der Waals surface area contributed by atoms with Crippen LogP contribution in [0.2, 0.25) is 0 Å². The zero-order chi connectivity index (χ0) is 15.5. The maximum Gasteiger partial charge on any atom is 0.234 e. The molecule has 0 unspecified atom stereocenters. The average Bonchev–Trinajstić information content (AvgIpc) is 2.87. The average molecular weight is 315 g/mol. The van der Waals surface area contributed by atoms with Crippen LogP contribution < -0.4 is 5.32 Å². The zero-order valence-corrected chi connectivity index (χ0v) is 12.7. The number of amides is 1. The number of nitrogens with zero attached hydrogens (tertiary/aromatic N) is 1. The molecule has 3 rings (SSSR count). The van der Waals surface area contributed by atoms with Crippen molar-refractivity contribution in [2.24, 2.45) is 0 Å². The quantitative estimate of drug-likeness (QED) is 0.721. The lowest BCUT2D eigenvalue weighted by molar-refractivity contribution is -0.113. The highest BCUT2D eigenvalue weighted by molar-refractivity contribution is 7.99. The van der Waals surface area contributed by atoms with Crippen molar-refractivity contribution in [3.05, 3.63) is 53.8 Å². The zero-order valence-electron chi connectivity index (χ0n) is 11.9. The molecule has 0 spiro atoms. The predicted molar refractivity (Wildman–Crippen MR) is 86.6 cm³/mol. The third kappa shape index (κ3) is 3.46. The van der Waals surface area contributed by atoms with E-state index in [0.29, 0.717) is 10.8 Å². The molecule has 112 valence electrons. The van der Waals surface area contributed by atoms with Gasteiger partial charge in [-0.3, -0.25) is 4.79 Å². The first-order valence-corrected chi connectivity index (χ1v) is 7.73. The van der Waals surface area contributed by atoms with Crippen LogP contribution in [0.3, 0.4) is 0 Å². The molecule has 22 heavy (non-hydrogen) atoms. The Morgan fingerprint density at radius 3 is 3.00 bits per heavy atom. The van der Waals surface area contributed by atoms with Crippen LogP contribution >= 0.6 is 11.8 Å². The highest BCUT2D eigenvalue weighted by Gasteiger charge is 2.08. The lowest BCUT2D eigenvalue weighted by Gasteiger charge is -2.03. The van der Waals surface area contributed by atoms with Crippen molar-refractivity contribution in [1.82, 2.24) is 9.97 Å². The summed E-state index contributed by atoms with van der Waals surface area (Å²) in [5.41, 5.74) is 3.43. The largest absolute Gasteiger partial charge is 0.333 e. The Bertz CT molecular complexity index is 831. The molecule has 0 bridgehead atoms. The summed E-state index contributed by atoms with van der Waals surface area (Å²) in [5.74, 6) is -0.375. The minimum Gasteiger partial charge on any atom is -0.333 e. The van der Waals surface area contributed by atoms with Crippen molar-refractivity contribution >= 4 is 34.4 Å². The van der Waals surface area contributed by atoms with Crippen LogP contribution in [0, 0.1) is 12.7 Å². The Morgan fingerprint density at radius 1 is 1.32 bits per heavy atom. The van der Waals surface area contributed by atoms with Gasteiger partial charge in [-0.05, 0) is 42.8 Å². The normalized spacial score (nSPS) is 10.8. The number of imidazole rings is 1. The number of hydrogen-bond donors (Lipinski definition) is 2. The SMILES string of the molecule is Cc1ccc2nc(SCC(=O)Nc3cccc(F)c3)[nH]c2c1. The van der Waals surface area contributed by atoms with E-state index in [1.165, 1.54) is 23.9 Å². The van der Waals surface area contributed by atoms with Crippen molar-refractivity contribution in [2.45, 2.75) is 12.1 Å². The summed E-state index contributed by atoms with van der Waals surface area (Å²) in [7, 11) is 0. The number of halogens is 1. The molecule has 1 amide bonds. The Kier molecular flexibility index (Phi) is 4.11. The summed E-state index contributed by atoms with van der Waals surface area (Å²) in [4.78, 5) is 19.5. The van der Waals surface area contributed by atoms with Crippen molar-refractivity contribution in [3.63, 3.8) is 0 Å². The van der Waals surface area contributed by atoms with Gasteiger partial charge in [-0.15, -0.1) is 0 Å². The molecule has 0 aliphatic rings. The van der Waals surface area contributed by atoms with E-state index in [4.69, 9.17) is 0 Å². The number of H-pyrrole nitrogens is 1. The first kappa shape index (κ1) is 14.6. The monoisotopic (exact) mass is 315 g/mol. The fourth-order valence-corrected chi connectivity index (χ4v) is 2.75. The number of anilines is 1. The summed E-state index contributed by atoms with van der Waals surface area (Å²) < 4.78 is 13.0. The molecule has 1 heterocycles. The highest BCUT2D eigenvalue weighted by atomic mass is 32.2. The summed E-state index contributed by atoms with van der Waals surface area (Å²) >= 11 is 1.31. The van der Waals surface area contributed by atoms with E-state index in [1.54, 1.807) is 12.1 Å². The summed E-state index contributed by atoms with van der Waals surface area (Å²) in [6, 6.07) is 11.8. The van der Waals surface area contributed by atoms with Crippen LogP contribution in [-0.4, -0.2) is 21.6 Å². The smallest absolute Gasteiger partial charge is 0.234 e. The number of thioether (sulfide) groups is 1. The van der Waals surface area contributed by atoms with Gasteiger partial charge in [-0.1, -0.05) is 23.9 Å². The molecule has 0 aliphatic heterocycles. The van der Waals surface area contributed by atoms with E-state index in [-0.39, 0.29) is 17.5 Å². The van der Waals surface area contributed by atoms with Crippen LogP contribution in [0.25, 0.3) is 11.0 Å². The molecule has 0 aliphatic carbocycles. The molecule has 0 fully saturated rings. The number of hydrogen-bond acceptors (Lipinski definition) is 3. The topological polar surface area (TPSA) is 57.8 Å². The number of carbonyl (C=O) groups excluding carboxylic acids is 1. The third-order valence-electron chi connectivity index (χ3n) is 3.06. The molecule has 0 atom stereocenters. The Morgan fingerprint density at radius 2 is 2.18 bits per heavy atom. The van der Waals surface area contributed by atoms with Gasteiger partial charge in [0.05, 0.1) is 16.8 Å². The summed E-state index contributed by atoms with van der Waals surface area (Å²) in [6.07, 6.45) is 0. The van der Waals surface area contributed by atoms with Crippen LogP contribution in [0.5, 0.6) is 0 Å². The molecule has 0 radical (unpaired) electrons. The molecule has 4 nitrogen and oxygen atoms in total. The van der Waals surface area contributed by atoms with Gasteiger partial charge in [0, 0.05) is 5.69 Å². The Labute approximate surface area is 131 Å². The van der Waals surface area contributed by atoms with Gasteiger partial charge in [0.2, 0.25) is 5.91 Å². The predicted octanol–water partition coefficient (Wildman–Crippen LogP) is 3.74. The first-order chi connectivity index (χ1) is 10.6. The lowest BCUT2D eigenvalue weighted by atomic mass is 10.2. The van der Waals surface area contributed by atoms with Crippen molar-refractivity contribution in [2.75, 3.05) is 11.1 Å². The van der Waals surface area contributed by atoms with Crippen LogP contribution in [-0.2, 0) is 4.79 Å². The van der Waals surface area contributed by atoms with Crippen molar-refractivity contribution < 1.29 is 9.18 Å². The fourth-order valence-electron chi connectivity index (χ4n) is 2.07. The number of benzene rings is 2. The Balaban J connectivity index is 1.62. The molecule has 0 saturated carbocycles. The number of nitrogens with one attached hydrogen (secondary N) is 2. The maximum absolute atomic E-state index is 13.0. The van der Waals surface area contributed by atoms with E-state index < -0.39 is 0 Å². The maximum atomic E-state index is 13.0. The van der Waals surface area contributed by atoms with Gasteiger partial charge >= 0.3 is 0 Å². The van der Waals surface area contributed by atoms with Gasteiger partial charge in [-0.2, -0.15) is 0 Å². The second kappa shape index (κ2) is 6.19. The van der Waals surface area contributed by atoms with E-state index in [0.717, 1.165) is 16.6 Å². The molecule has 1 aromatic heterocycles. The summed E-state index contributed by atoms with van der Waals surface area (Å²) in [6.45, 7) is 2.01. The second-order valence-electron chi connectivity index (χ2n) is 4.91. The summed E-state index contributed by atoms with van der Waals surface area (Å²) in [5, 5.41) is 3.34. The number of aromatic amines is 1. The molecule has 3 aromatic rings. The molecular weight excluding hydrogens is 301 g/mol. The van der Waals surface area contributed by atoms with E-state index >= 15 is 0 Å². The van der Waals surface area contributed by atoms with E-state index in [2.05, 4.69) is 15.3 Å². The van der Waals surface area contributed by atoms with E-state index in [9.17, 15) is 9.18 Å². The number of aromatic nitrogens is 2. The first-order valence-electron chi connectivity index (χ1n) is 6.75. The standard InChI is InChI=1S/C16H14FN3OS/c1-10-5-6-13-14(7-10)20-16(19-13)22-9-15(21)18-12-4-2-3-11(17)8-12/h2-8H,9H2,1H3,(H,18,21)(H,19,20). The van der Waals surface area contributed by atoms with Gasteiger partial charge in [-0.25, -0.2) is 9.37 Å². The van der Waals surface area contributed by atoms with Gasteiger partial charge in [0.15, 0.2) is 5.16 Å². The number of aryl methyl sites for hydroxylation is 1. The minimum atomic E-state index is -0.377. The third-order valence-corrected chi connectivity index (χ3v) is 3.94. The van der Waals surface area contributed by atoms with Gasteiger partial charge < -0.3 is 10.3 Å². The minimum absolute atomic E-state index is 0.202. The molecular formula is C16H14FN3OS. The Hall–Kier alpha value is -2.34. The van der Waals surface area contributed by atoms with Crippen molar-refractivity contribution in [1.29, 1.82) is 0 Å². The van der Waals surface area contributed by atoms with Crippen LogP contribution in [0.4, 0.5) is 10.1 Å². The lowest BCUT2D eigenvalue weighted by Crippen LogP contribution is -2.14. The van der Waals surface area contributed by atoms with Gasteiger partial charge in [0.25, 0.3) is 0 Å². The van der Waals surface area contributed by atoms with Crippen LogP contribution in [0.15, 0.2) is 47.6 Å². The van der Waals surface area contributed by atoms with Crippen LogP contribution in [0.1, 0.15) is 5.56 Å². The van der Waals surface area contributed by atoms with Gasteiger partial charge in [0.1, 0.15) is 5.82 Å². The highest BCUT2D eigenvalue weighted by Crippen LogP contribution is 2.20. The number of rotatable bonds is 4. The molecule has 6 heteroatoms. The molecule has 2 aromatic carbocycles. The molecule has 2 N–H and O–H groups in total. The second-order valence-corrected chi connectivity index (χ2v) is 5.87. The van der Waals surface area contributed by atoms with E-state index in [1.807, 2.05) is 25.1 Å². The van der Waals surface area contributed by atoms with Crippen molar-refractivity contribution in [3.8, 4) is 0 Å². The fraction of sp³-hybridized carbons (Fsp3) is 0.125. The number of fused-ring (bicyclic) bond motifs is 1.